The molecule has 4 atom stereocenters. The molecule has 2 nitrogen and oxygen atoms in total. The van der Waals surface area contributed by atoms with Crippen LogP contribution < -0.4 is 5.32 Å². The van der Waals surface area contributed by atoms with Gasteiger partial charge in [-0.3, -0.25) is 0 Å². The van der Waals surface area contributed by atoms with Crippen LogP contribution in [0.5, 0.6) is 0 Å². The average molecular weight is 448 g/mol. The van der Waals surface area contributed by atoms with E-state index in [1.165, 1.54) is 47.7 Å². The molecule has 4 rings (SSSR count). The molecule has 2 aromatic rings. The largest absolute Gasteiger partial charge is 0.376 e. The number of hydrogen-bond acceptors (Lipinski definition) is 2. The molecule has 0 radical (unpaired) electrons. The normalized spacial score (nSPS) is 22.5. The minimum Gasteiger partial charge on any atom is -0.376 e. The van der Waals surface area contributed by atoms with Crippen molar-refractivity contribution >= 4 is 12.4 Å². The fraction of sp³-hybridized carbons (Fsp3) is 0.462. The second kappa shape index (κ2) is 10.7. The summed E-state index contributed by atoms with van der Waals surface area (Å²) >= 11 is 0. The third kappa shape index (κ3) is 5.54. The van der Waals surface area contributed by atoms with Crippen molar-refractivity contribution in [2.75, 3.05) is 19.7 Å². The SMILES string of the molecule is Cc1cccc(C)c1C(CNCC1CC2C=CC1C2)COCc1c(F)cccc1F.Cl. The van der Waals surface area contributed by atoms with Gasteiger partial charge < -0.3 is 10.1 Å². The van der Waals surface area contributed by atoms with Crippen LogP contribution in [0.2, 0.25) is 0 Å². The number of nitrogens with one attached hydrogen (secondary N) is 1. The topological polar surface area (TPSA) is 21.3 Å². The molecule has 2 bridgehead atoms. The van der Waals surface area contributed by atoms with Gasteiger partial charge in [0.1, 0.15) is 11.6 Å². The van der Waals surface area contributed by atoms with Crippen molar-refractivity contribution in [3.05, 3.63) is 82.4 Å². The zero-order chi connectivity index (χ0) is 21.1. The number of ether oxygens (including phenoxy) is 1. The van der Waals surface area contributed by atoms with Gasteiger partial charge >= 0.3 is 0 Å². The van der Waals surface area contributed by atoms with Crippen LogP contribution in [0.1, 0.15) is 41.0 Å². The molecule has 0 aliphatic heterocycles. The molecule has 2 aliphatic rings. The minimum absolute atomic E-state index is 0. The third-order valence-electron chi connectivity index (χ3n) is 6.79. The van der Waals surface area contributed by atoms with E-state index in [0.717, 1.165) is 24.9 Å². The molecule has 2 aliphatic carbocycles. The molecular weight excluding hydrogens is 416 g/mol. The lowest BCUT2D eigenvalue weighted by Crippen LogP contribution is -2.31. The maximum atomic E-state index is 13.9. The number of hydrogen-bond donors (Lipinski definition) is 1. The van der Waals surface area contributed by atoms with E-state index in [1.54, 1.807) is 0 Å². The Morgan fingerprint density at radius 1 is 1.00 bits per heavy atom. The summed E-state index contributed by atoms with van der Waals surface area (Å²) in [5.41, 5.74) is 3.72. The van der Waals surface area contributed by atoms with Crippen LogP contribution in [-0.2, 0) is 11.3 Å². The Morgan fingerprint density at radius 2 is 1.68 bits per heavy atom. The van der Waals surface area contributed by atoms with Crippen molar-refractivity contribution in [3.8, 4) is 0 Å². The monoisotopic (exact) mass is 447 g/mol. The van der Waals surface area contributed by atoms with Crippen LogP contribution in [0, 0.1) is 43.2 Å². The maximum absolute atomic E-state index is 13.9. The standard InChI is InChI=1S/C26H31F2NO.ClH/c1-17-5-3-6-18(2)26(17)22(14-29-13-21-12-19-9-10-20(21)11-19)15-30-16-23-24(27)7-4-8-25(23)28;/h3-10,19-22,29H,11-16H2,1-2H3;1H. The summed E-state index contributed by atoms with van der Waals surface area (Å²) in [5.74, 6) is 1.24. The first-order chi connectivity index (χ1) is 14.5. The van der Waals surface area contributed by atoms with E-state index in [1.807, 2.05) is 0 Å². The van der Waals surface area contributed by atoms with Crippen LogP contribution in [0.4, 0.5) is 8.78 Å². The molecule has 1 N–H and O–H groups in total. The summed E-state index contributed by atoms with van der Waals surface area (Å²) < 4.78 is 33.7. The fourth-order valence-corrected chi connectivity index (χ4v) is 5.26. The van der Waals surface area contributed by atoms with Crippen LogP contribution in [-0.4, -0.2) is 19.7 Å². The Morgan fingerprint density at radius 3 is 2.29 bits per heavy atom. The Bertz CT molecular complexity index is 876. The Balaban J connectivity index is 0.00000272. The highest BCUT2D eigenvalue weighted by molar-refractivity contribution is 5.85. The molecular formula is C26H32ClF2NO. The Labute approximate surface area is 190 Å². The lowest BCUT2D eigenvalue weighted by atomic mass is 9.90. The van der Waals surface area contributed by atoms with Gasteiger partial charge in [-0.05, 0) is 79.8 Å². The molecule has 2 aromatic carbocycles. The molecule has 1 saturated carbocycles. The van der Waals surface area contributed by atoms with Gasteiger partial charge in [-0.1, -0.05) is 36.4 Å². The van der Waals surface area contributed by atoms with Gasteiger partial charge in [-0.15, -0.1) is 12.4 Å². The molecule has 1 fully saturated rings. The number of benzene rings is 2. The summed E-state index contributed by atoms with van der Waals surface area (Å²) in [6, 6.07) is 10.2. The smallest absolute Gasteiger partial charge is 0.131 e. The highest BCUT2D eigenvalue weighted by Crippen LogP contribution is 2.43. The predicted molar refractivity (Wildman–Crippen MR) is 124 cm³/mol. The quantitative estimate of drug-likeness (QED) is 0.468. The van der Waals surface area contributed by atoms with E-state index in [4.69, 9.17) is 4.74 Å². The lowest BCUT2D eigenvalue weighted by molar-refractivity contribution is 0.101. The highest BCUT2D eigenvalue weighted by atomic mass is 35.5. The van der Waals surface area contributed by atoms with E-state index in [0.29, 0.717) is 12.5 Å². The average Bonchev–Trinajstić information content (AvgIpc) is 3.33. The van der Waals surface area contributed by atoms with E-state index >= 15 is 0 Å². The van der Waals surface area contributed by atoms with E-state index in [-0.39, 0.29) is 30.5 Å². The second-order valence-corrected chi connectivity index (χ2v) is 8.92. The summed E-state index contributed by atoms with van der Waals surface area (Å²) in [6.07, 6.45) is 7.35. The van der Waals surface area contributed by atoms with Crippen molar-refractivity contribution in [3.63, 3.8) is 0 Å². The number of aryl methyl sites for hydroxylation is 2. The first-order valence-electron chi connectivity index (χ1n) is 11.0. The molecule has 4 unspecified atom stereocenters. The van der Waals surface area contributed by atoms with E-state index in [9.17, 15) is 8.78 Å². The van der Waals surface area contributed by atoms with Crippen LogP contribution in [0.3, 0.4) is 0 Å². The predicted octanol–water partition coefficient (Wildman–Crippen LogP) is 6.11. The molecule has 0 heterocycles. The van der Waals surface area contributed by atoms with E-state index < -0.39 is 11.6 Å². The van der Waals surface area contributed by atoms with Gasteiger partial charge in [0.25, 0.3) is 0 Å². The van der Waals surface area contributed by atoms with Gasteiger partial charge in [0.05, 0.1) is 13.2 Å². The number of allylic oxidation sites excluding steroid dienone is 2. The summed E-state index contributed by atoms with van der Waals surface area (Å²) in [6.45, 7) is 6.40. The molecule has 0 aromatic heterocycles. The summed E-state index contributed by atoms with van der Waals surface area (Å²) in [7, 11) is 0. The molecule has 0 saturated heterocycles. The molecule has 168 valence electrons. The van der Waals surface area contributed by atoms with Gasteiger partial charge in [-0.2, -0.15) is 0 Å². The molecule has 5 heteroatoms. The maximum Gasteiger partial charge on any atom is 0.131 e. The number of halogens is 3. The zero-order valence-corrected chi connectivity index (χ0v) is 19.1. The third-order valence-corrected chi connectivity index (χ3v) is 6.79. The van der Waals surface area contributed by atoms with E-state index in [2.05, 4.69) is 49.5 Å². The summed E-state index contributed by atoms with van der Waals surface area (Å²) in [4.78, 5) is 0. The van der Waals surface area contributed by atoms with Crippen LogP contribution in [0.15, 0.2) is 48.6 Å². The van der Waals surface area contributed by atoms with Crippen molar-refractivity contribution in [2.45, 2.75) is 39.2 Å². The van der Waals surface area contributed by atoms with Crippen LogP contribution >= 0.6 is 12.4 Å². The number of fused-ring (bicyclic) bond motifs is 2. The van der Waals surface area contributed by atoms with Gasteiger partial charge in [0.15, 0.2) is 0 Å². The van der Waals surface area contributed by atoms with Crippen molar-refractivity contribution in [2.24, 2.45) is 17.8 Å². The van der Waals surface area contributed by atoms with Crippen molar-refractivity contribution in [1.29, 1.82) is 0 Å². The first kappa shape index (κ1) is 23.9. The summed E-state index contributed by atoms with van der Waals surface area (Å²) in [5, 5.41) is 3.67. The highest BCUT2D eigenvalue weighted by Gasteiger charge is 2.35. The lowest BCUT2D eigenvalue weighted by Gasteiger charge is -2.25. The zero-order valence-electron chi connectivity index (χ0n) is 18.2. The second-order valence-electron chi connectivity index (χ2n) is 8.92. The minimum atomic E-state index is -0.555. The Kier molecular flexibility index (Phi) is 8.26. The van der Waals surface area contributed by atoms with Gasteiger partial charge in [-0.25, -0.2) is 8.78 Å². The van der Waals surface area contributed by atoms with Crippen molar-refractivity contribution in [1.82, 2.24) is 5.32 Å². The van der Waals surface area contributed by atoms with Gasteiger partial charge in [0.2, 0.25) is 0 Å². The van der Waals surface area contributed by atoms with Gasteiger partial charge in [0, 0.05) is 18.0 Å². The Hall–Kier alpha value is -1.75. The first-order valence-corrected chi connectivity index (χ1v) is 11.0. The molecule has 0 amide bonds. The van der Waals surface area contributed by atoms with Crippen LogP contribution in [0.25, 0.3) is 0 Å². The number of rotatable bonds is 9. The molecule has 0 spiro atoms. The fourth-order valence-electron chi connectivity index (χ4n) is 5.26. The molecule has 31 heavy (non-hydrogen) atoms. The van der Waals surface area contributed by atoms with Crippen molar-refractivity contribution < 1.29 is 13.5 Å².